The number of aromatic hydroxyl groups is 1. The third-order valence-corrected chi connectivity index (χ3v) is 2.66. The second-order valence-electron chi connectivity index (χ2n) is 3.42. The third kappa shape index (κ3) is 1.06. The highest BCUT2D eigenvalue weighted by molar-refractivity contribution is 5.39. The van der Waals surface area contributed by atoms with E-state index in [1.165, 1.54) is 0 Å². The van der Waals surface area contributed by atoms with E-state index in [9.17, 15) is 5.11 Å². The van der Waals surface area contributed by atoms with Gasteiger partial charge in [0.25, 0.3) is 0 Å². The average molecular weight is 174 g/mol. The van der Waals surface area contributed by atoms with Crippen molar-refractivity contribution in [3.63, 3.8) is 0 Å². The van der Waals surface area contributed by atoms with E-state index in [2.05, 4.69) is 11.1 Å². The van der Waals surface area contributed by atoms with Gasteiger partial charge in [-0.3, -0.25) is 4.98 Å². The van der Waals surface area contributed by atoms with E-state index in [0.29, 0.717) is 5.69 Å². The minimum Gasteiger partial charge on any atom is -0.506 e. The largest absolute Gasteiger partial charge is 0.506 e. The van der Waals surface area contributed by atoms with Gasteiger partial charge in [0, 0.05) is 6.20 Å². The number of rotatable bonds is 1. The molecule has 0 unspecified atom stereocenters. The molecule has 3 nitrogen and oxygen atoms in total. The third-order valence-electron chi connectivity index (χ3n) is 2.66. The van der Waals surface area contributed by atoms with Crippen LogP contribution >= 0.6 is 0 Å². The summed E-state index contributed by atoms with van der Waals surface area (Å²) in [7, 11) is 0. The lowest BCUT2D eigenvalue weighted by atomic mass is 9.67. The summed E-state index contributed by atoms with van der Waals surface area (Å²) in [5.74, 6) is 0.142. The molecule has 0 spiro atoms. The first-order valence-corrected chi connectivity index (χ1v) is 4.34. The van der Waals surface area contributed by atoms with Crippen molar-refractivity contribution in [3.05, 3.63) is 24.0 Å². The summed E-state index contributed by atoms with van der Waals surface area (Å²) >= 11 is 0. The van der Waals surface area contributed by atoms with Crippen molar-refractivity contribution in [2.75, 3.05) is 0 Å². The van der Waals surface area contributed by atoms with Crippen LogP contribution in [0, 0.1) is 11.3 Å². The Morgan fingerprint density at radius 2 is 2.31 bits per heavy atom. The Balaban J connectivity index is 2.46. The molecule has 1 aromatic heterocycles. The van der Waals surface area contributed by atoms with Gasteiger partial charge in [0.05, 0.1) is 6.07 Å². The van der Waals surface area contributed by atoms with Crippen molar-refractivity contribution in [2.24, 2.45) is 0 Å². The van der Waals surface area contributed by atoms with Gasteiger partial charge < -0.3 is 5.11 Å². The predicted molar refractivity (Wildman–Crippen MR) is 47.0 cm³/mol. The Kier molecular flexibility index (Phi) is 1.70. The number of nitriles is 1. The van der Waals surface area contributed by atoms with Crippen molar-refractivity contribution < 1.29 is 5.11 Å². The molecule has 1 aromatic rings. The lowest BCUT2D eigenvalue weighted by molar-refractivity contribution is 0.302. The summed E-state index contributed by atoms with van der Waals surface area (Å²) in [6, 6.07) is 5.50. The van der Waals surface area contributed by atoms with Gasteiger partial charge in [-0.2, -0.15) is 5.26 Å². The van der Waals surface area contributed by atoms with E-state index in [1.54, 1.807) is 18.3 Å². The van der Waals surface area contributed by atoms with Crippen LogP contribution in [-0.4, -0.2) is 10.1 Å². The molecule has 2 rings (SSSR count). The van der Waals surface area contributed by atoms with Gasteiger partial charge in [-0.25, -0.2) is 0 Å². The van der Waals surface area contributed by atoms with Crippen molar-refractivity contribution in [1.29, 1.82) is 5.26 Å². The summed E-state index contributed by atoms with van der Waals surface area (Å²) in [4.78, 5) is 4.07. The number of hydrogen-bond donors (Lipinski definition) is 1. The molecular formula is C10H10N2O. The van der Waals surface area contributed by atoms with Gasteiger partial charge in [-0.05, 0) is 31.4 Å². The van der Waals surface area contributed by atoms with Gasteiger partial charge in [-0.1, -0.05) is 0 Å². The standard InChI is InChI=1S/C10H10N2O/c11-7-10(4-2-5-10)9-8(13)3-1-6-12-9/h1,3,6,13H,2,4-5H2. The van der Waals surface area contributed by atoms with Crippen molar-refractivity contribution in [3.8, 4) is 11.8 Å². The van der Waals surface area contributed by atoms with E-state index >= 15 is 0 Å². The molecule has 0 radical (unpaired) electrons. The zero-order valence-electron chi connectivity index (χ0n) is 7.20. The first-order chi connectivity index (χ1) is 6.28. The molecule has 1 fully saturated rings. The predicted octanol–water partition coefficient (Wildman–Crippen LogP) is 1.73. The summed E-state index contributed by atoms with van der Waals surface area (Å²) in [5, 5.41) is 18.5. The minimum atomic E-state index is -0.509. The van der Waals surface area contributed by atoms with Crippen LogP contribution in [0.25, 0.3) is 0 Å². The zero-order chi connectivity index (χ0) is 9.31. The molecule has 1 N–H and O–H groups in total. The summed E-state index contributed by atoms with van der Waals surface area (Å²) in [6.45, 7) is 0. The van der Waals surface area contributed by atoms with Crippen LogP contribution in [0.3, 0.4) is 0 Å². The Morgan fingerprint density at radius 1 is 1.54 bits per heavy atom. The molecular weight excluding hydrogens is 164 g/mol. The lowest BCUT2D eigenvalue weighted by Crippen LogP contribution is -2.33. The molecule has 0 atom stereocenters. The highest BCUT2D eigenvalue weighted by atomic mass is 16.3. The van der Waals surface area contributed by atoms with E-state index in [0.717, 1.165) is 19.3 Å². The second kappa shape index (κ2) is 2.74. The Bertz CT molecular complexity index is 363. The van der Waals surface area contributed by atoms with Crippen molar-refractivity contribution >= 4 is 0 Å². The smallest absolute Gasteiger partial charge is 0.138 e. The van der Waals surface area contributed by atoms with E-state index in [-0.39, 0.29) is 5.75 Å². The molecule has 1 aliphatic carbocycles. The van der Waals surface area contributed by atoms with Crippen molar-refractivity contribution in [1.82, 2.24) is 4.98 Å². The number of aromatic nitrogens is 1. The van der Waals surface area contributed by atoms with E-state index in [1.807, 2.05) is 0 Å². The first-order valence-electron chi connectivity index (χ1n) is 4.34. The van der Waals surface area contributed by atoms with Gasteiger partial charge in [-0.15, -0.1) is 0 Å². The van der Waals surface area contributed by atoms with Crippen LogP contribution in [0.1, 0.15) is 25.0 Å². The van der Waals surface area contributed by atoms with Gasteiger partial charge >= 0.3 is 0 Å². The van der Waals surface area contributed by atoms with Crippen LogP contribution in [0.15, 0.2) is 18.3 Å². The number of hydrogen-bond acceptors (Lipinski definition) is 3. The first kappa shape index (κ1) is 8.06. The molecule has 13 heavy (non-hydrogen) atoms. The molecule has 1 heterocycles. The highest BCUT2D eigenvalue weighted by Gasteiger charge is 2.42. The molecule has 1 saturated carbocycles. The zero-order valence-corrected chi connectivity index (χ0v) is 7.20. The van der Waals surface area contributed by atoms with Gasteiger partial charge in [0.2, 0.25) is 0 Å². The second-order valence-corrected chi connectivity index (χ2v) is 3.42. The average Bonchev–Trinajstić information content (AvgIpc) is 2.07. The van der Waals surface area contributed by atoms with Crippen molar-refractivity contribution in [2.45, 2.75) is 24.7 Å². The fourth-order valence-electron chi connectivity index (χ4n) is 1.70. The van der Waals surface area contributed by atoms with E-state index in [4.69, 9.17) is 5.26 Å². The quantitative estimate of drug-likeness (QED) is 0.705. The highest BCUT2D eigenvalue weighted by Crippen LogP contribution is 2.44. The summed E-state index contributed by atoms with van der Waals surface area (Å²) in [5.41, 5.74) is 0.0366. The number of pyridine rings is 1. The monoisotopic (exact) mass is 174 g/mol. The van der Waals surface area contributed by atoms with Gasteiger partial charge in [0.15, 0.2) is 0 Å². The lowest BCUT2D eigenvalue weighted by Gasteiger charge is -2.34. The number of nitrogens with zero attached hydrogens (tertiary/aromatic N) is 2. The Hall–Kier alpha value is -1.56. The SMILES string of the molecule is N#CC1(c2ncccc2O)CCC1. The molecule has 0 aromatic carbocycles. The molecule has 0 bridgehead atoms. The fraction of sp³-hybridized carbons (Fsp3) is 0.400. The van der Waals surface area contributed by atoms with E-state index < -0.39 is 5.41 Å². The normalized spacial score (nSPS) is 18.7. The van der Waals surface area contributed by atoms with Crippen LogP contribution in [0.4, 0.5) is 0 Å². The van der Waals surface area contributed by atoms with Gasteiger partial charge in [0.1, 0.15) is 16.9 Å². The van der Waals surface area contributed by atoms with Crippen LogP contribution < -0.4 is 0 Å². The maximum atomic E-state index is 9.53. The fourth-order valence-corrected chi connectivity index (χ4v) is 1.70. The summed E-state index contributed by atoms with van der Waals surface area (Å²) in [6.07, 6.45) is 4.29. The molecule has 1 aliphatic rings. The Labute approximate surface area is 76.7 Å². The maximum absolute atomic E-state index is 9.53. The van der Waals surface area contributed by atoms with Crippen LogP contribution in [0.5, 0.6) is 5.75 Å². The topological polar surface area (TPSA) is 56.9 Å². The maximum Gasteiger partial charge on any atom is 0.138 e. The summed E-state index contributed by atoms with van der Waals surface area (Å²) < 4.78 is 0. The molecule has 0 saturated heterocycles. The Morgan fingerprint density at radius 3 is 2.77 bits per heavy atom. The van der Waals surface area contributed by atoms with Crippen LogP contribution in [0.2, 0.25) is 0 Å². The molecule has 0 aliphatic heterocycles. The minimum absolute atomic E-state index is 0.142. The molecule has 3 heteroatoms. The molecule has 66 valence electrons. The van der Waals surface area contributed by atoms with Crippen LogP contribution in [-0.2, 0) is 5.41 Å². The molecule has 0 amide bonds.